The minimum absolute atomic E-state index is 0.122. The molecule has 7 heteroatoms. The fourth-order valence-electron chi connectivity index (χ4n) is 2.51. The van der Waals surface area contributed by atoms with Crippen LogP contribution in [0.5, 0.6) is 0 Å². The molecular weight excluding hydrogens is 353 g/mol. The Bertz CT molecular complexity index is 884. The number of nitrogens with zero attached hydrogens (tertiary/aromatic N) is 3. The first kappa shape index (κ1) is 18.1. The zero-order valence-corrected chi connectivity index (χ0v) is 15.1. The third-order valence-electron chi connectivity index (χ3n) is 3.85. The second kappa shape index (κ2) is 8.62. The Balaban J connectivity index is 1.90. The summed E-state index contributed by atoms with van der Waals surface area (Å²) in [6.07, 6.45) is 0.742. The lowest BCUT2D eigenvalue weighted by atomic mass is 10.1. The van der Waals surface area contributed by atoms with E-state index < -0.39 is 0 Å². The normalized spacial score (nSPS) is 10.7. The average Bonchev–Trinajstić information content (AvgIpc) is 3.08. The maximum absolute atomic E-state index is 14.2. The smallest absolute Gasteiger partial charge is 0.316 e. The van der Waals surface area contributed by atoms with Crippen LogP contribution in [0.1, 0.15) is 5.56 Å². The fourth-order valence-corrected chi connectivity index (χ4v) is 3.30. The third kappa shape index (κ3) is 4.29. The van der Waals surface area contributed by atoms with E-state index in [0.717, 1.165) is 12.0 Å². The number of carbonyl (C=O) groups excluding carboxylic acids is 1. The molecule has 0 fully saturated rings. The van der Waals surface area contributed by atoms with Gasteiger partial charge >= 0.3 is 5.97 Å². The van der Waals surface area contributed by atoms with E-state index in [1.54, 1.807) is 18.2 Å². The molecule has 0 N–H and O–H groups in total. The highest BCUT2D eigenvalue weighted by Crippen LogP contribution is 2.26. The van der Waals surface area contributed by atoms with Gasteiger partial charge in [0.25, 0.3) is 0 Å². The highest BCUT2D eigenvalue weighted by atomic mass is 32.2. The Kier molecular flexibility index (Phi) is 6.01. The van der Waals surface area contributed by atoms with Crippen molar-refractivity contribution >= 4 is 17.7 Å². The van der Waals surface area contributed by atoms with Crippen LogP contribution in [0.15, 0.2) is 59.8 Å². The predicted octanol–water partition coefficient (Wildman–Crippen LogP) is 3.59. The molecule has 2 aromatic carbocycles. The summed E-state index contributed by atoms with van der Waals surface area (Å²) >= 11 is 1.23. The molecule has 1 heterocycles. The van der Waals surface area contributed by atoms with Gasteiger partial charge in [-0.15, -0.1) is 10.2 Å². The standard InChI is InChI=1S/C19H18FN3O2S/c1-25-17(24)13-26-19-22-21-18(15-9-5-6-10-16(15)20)23(19)12-11-14-7-3-2-4-8-14/h2-10H,11-13H2,1H3. The number of methoxy groups -OCH3 is 1. The molecule has 3 rings (SSSR count). The second-order valence-corrected chi connectivity index (χ2v) is 6.48. The summed E-state index contributed by atoms with van der Waals surface area (Å²) in [4.78, 5) is 11.4. The van der Waals surface area contributed by atoms with Crippen molar-refractivity contribution in [3.05, 3.63) is 66.0 Å². The number of benzene rings is 2. The van der Waals surface area contributed by atoms with Crippen molar-refractivity contribution < 1.29 is 13.9 Å². The van der Waals surface area contributed by atoms with Crippen LogP contribution in [0.4, 0.5) is 4.39 Å². The van der Waals surface area contributed by atoms with E-state index in [1.807, 2.05) is 34.9 Å². The molecule has 0 bridgehead atoms. The molecule has 134 valence electrons. The van der Waals surface area contributed by atoms with Crippen molar-refractivity contribution in [1.82, 2.24) is 14.8 Å². The summed E-state index contributed by atoms with van der Waals surface area (Å²) in [5.41, 5.74) is 1.54. The third-order valence-corrected chi connectivity index (χ3v) is 4.79. The van der Waals surface area contributed by atoms with E-state index >= 15 is 0 Å². The lowest BCUT2D eigenvalue weighted by Gasteiger charge is -2.10. The van der Waals surface area contributed by atoms with Crippen LogP contribution >= 0.6 is 11.8 Å². The Hall–Kier alpha value is -2.67. The van der Waals surface area contributed by atoms with Gasteiger partial charge in [-0.3, -0.25) is 4.79 Å². The zero-order valence-electron chi connectivity index (χ0n) is 14.3. The van der Waals surface area contributed by atoms with Gasteiger partial charge in [0.15, 0.2) is 11.0 Å². The first-order valence-corrected chi connectivity index (χ1v) is 9.09. The topological polar surface area (TPSA) is 57.0 Å². The quantitative estimate of drug-likeness (QED) is 0.469. The van der Waals surface area contributed by atoms with Gasteiger partial charge in [-0.25, -0.2) is 4.39 Å². The molecule has 26 heavy (non-hydrogen) atoms. The van der Waals surface area contributed by atoms with Gasteiger partial charge in [-0.1, -0.05) is 54.2 Å². The molecule has 1 aromatic heterocycles. The van der Waals surface area contributed by atoms with Gasteiger partial charge in [0.05, 0.1) is 18.4 Å². The first-order valence-electron chi connectivity index (χ1n) is 8.10. The van der Waals surface area contributed by atoms with Gasteiger partial charge < -0.3 is 9.30 Å². The van der Waals surface area contributed by atoms with Crippen molar-refractivity contribution in [3.8, 4) is 11.4 Å². The Labute approximate surface area is 155 Å². The summed E-state index contributed by atoms with van der Waals surface area (Å²) in [6.45, 7) is 0.574. The molecule has 0 saturated heterocycles. The summed E-state index contributed by atoms with van der Waals surface area (Å²) in [6, 6.07) is 16.5. The fraction of sp³-hybridized carbons (Fsp3) is 0.211. The minimum Gasteiger partial charge on any atom is -0.468 e. The molecule has 0 aliphatic carbocycles. The molecule has 0 amide bonds. The molecular formula is C19H18FN3O2S. The molecule has 5 nitrogen and oxygen atoms in total. The molecule has 3 aromatic rings. The molecule has 0 spiro atoms. The highest BCUT2D eigenvalue weighted by Gasteiger charge is 2.18. The van der Waals surface area contributed by atoms with Crippen LogP contribution in [-0.4, -0.2) is 33.6 Å². The number of thioether (sulfide) groups is 1. The number of rotatable bonds is 7. The molecule has 0 aliphatic heterocycles. The molecule has 0 unspecified atom stereocenters. The highest BCUT2D eigenvalue weighted by molar-refractivity contribution is 7.99. The van der Waals surface area contributed by atoms with E-state index in [1.165, 1.54) is 24.9 Å². The van der Waals surface area contributed by atoms with Crippen molar-refractivity contribution in [3.63, 3.8) is 0 Å². The van der Waals surface area contributed by atoms with E-state index in [2.05, 4.69) is 14.9 Å². The Morgan fingerprint density at radius 1 is 1.12 bits per heavy atom. The Morgan fingerprint density at radius 2 is 1.85 bits per heavy atom. The number of halogens is 1. The summed E-state index contributed by atoms with van der Waals surface area (Å²) in [5, 5.41) is 8.88. The van der Waals surface area contributed by atoms with Crippen LogP contribution in [0.2, 0.25) is 0 Å². The van der Waals surface area contributed by atoms with Crippen LogP contribution in [-0.2, 0) is 22.5 Å². The number of aromatic nitrogens is 3. The van der Waals surface area contributed by atoms with E-state index in [4.69, 9.17) is 0 Å². The van der Waals surface area contributed by atoms with E-state index in [0.29, 0.717) is 23.1 Å². The van der Waals surface area contributed by atoms with Crippen LogP contribution < -0.4 is 0 Å². The van der Waals surface area contributed by atoms with E-state index in [-0.39, 0.29) is 17.5 Å². The van der Waals surface area contributed by atoms with Gasteiger partial charge in [-0.2, -0.15) is 0 Å². The number of ether oxygens (including phenoxy) is 1. The van der Waals surface area contributed by atoms with Gasteiger partial charge in [-0.05, 0) is 24.1 Å². The predicted molar refractivity (Wildman–Crippen MR) is 98.3 cm³/mol. The largest absolute Gasteiger partial charge is 0.468 e. The van der Waals surface area contributed by atoms with E-state index in [9.17, 15) is 9.18 Å². The average molecular weight is 371 g/mol. The number of hydrogen-bond donors (Lipinski definition) is 0. The monoisotopic (exact) mass is 371 g/mol. The van der Waals surface area contributed by atoms with Crippen molar-refractivity contribution in [2.24, 2.45) is 0 Å². The second-order valence-electron chi connectivity index (χ2n) is 5.54. The number of aryl methyl sites for hydroxylation is 1. The van der Waals surface area contributed by atoms with Crippen LogP contribution in [0.3, 0.4) is 0 Å². The molecule has 0 aliphatic rings. The molecule has 0 saturated carbocycles. The maximum Gasteiger partial charge on any atom is 0.316 e. The summed E-state index contributed by atoms with van der Waals surface area (Å²) < 4.78 is 20.8. The lowest BCUT2D eigenvalue weighted by Crippen LogP contribution is -2.08. The van der Waals surface area contributed by atoms with Crippen molar-refractivity contribution in [1.29, 1.82) is 0 Å². The lowest BCUT2D eigenvalue weighted by molar-refractivity contribution is -0.137. The Morgan fingerprint density at radius 3 is 2.58 bits per heavy atom. The molecule has 0 atom stereocenters. The zero-order chi connectivity index (χ0) is 18.4. The summed E-state index contributed by atoms with van der Waals surface area (Å²) in [7, 11) is 1.34. The van der Waals surface area contributed by atoms with Gasteiger partial charge in [0.1, 0.15) is 5.82 Å². The minimum atomic E-state index is -0.356. The van der Waals surface area contributed by atoms with Crippen molar-refractivity contribution in [2.45, 2.75) is 18.1 Å². The SMILES string of the molecule is COC(=O)CSc1nnc(-c2ccccc2F)n1CCc1ccccc1. The number of hydrogen-bond acceptors (Lipinski definition) is 5. The van der Waals surface area contributed by atoms with Crippen LogP contribution in [0.25, 0.3) is 11.4 Å². The summed E-state index contributed by atoms with van der Waals surface area (Å²) in [5.74, 6) is -0.131. The number of esters is 1. The maximum atomic E-state index is 14.2. The van der Waals surface area contributed by atoms with Crippen LogP contribution in [0, 0.1) is 5.82 Å². The number of carbonyl (C=O) groups is 1. The van der Waals surface area contributed by atoms with Gasteiger partial charge in [0.2, 0.25) is 0 Å². The molecule has 0 radical (unpaired) electrons. The first-order chi connectivity index (χ1) is 12.7. The van der Waals surface area contributed by atoms with Crippen molar-refractivity contribution in [2.75, 3.05) is 12.9 Å². The van der Waals surface area contributed by atoms with Gasteiger partial charge in [0, 0.05) is 6.54 Å².